The molecule has 1 aromatic carbocycles. The van der Waals surface area contributed by atoms with E-state index < -0.39 is 0 Å². The second-order valence-electron chi connectivity index (χ2n) is 8.71. The first-order valence-corrected chi connectivity index (χ1v) is 11.9. The standard InChI is InChI=1S/C24H26ClN3O5/c25-17-11-18-23(28-24(26-18)33-20-13-32-19-8-10-30-22(19)20)27-21(17)14-4-6-15(7-5-14)31-12-16-3-1-2-9-29-16/h4-7,11,16,19-20,22H,1-3,8-10,12-13H2,(H,26,27,28)/t16?,19?,20?,22-/m0/s1. The number of benzene rings is 1. The van der Waals surface area contributed by atoms with Gasteiger partial charge in [-0.1, -0.05) is 11.6 Å². The number of pyridine rings is 1. The summed E-state index contributed by atoms with van der Waals surface area (Å²) in [6, 6.07) is 9.98. The fourth-order valence-electron chi connectivity index (χ4n) is 4.67. The molecule has 0 spiro atoms. The van der Waals surface area contributed by atoms with E-state index in [0.717, 1.165) is 37.2 Å². The number of aromatic nitrogens is 3. The number of nitrogens with one attached hydrogen (secondary N) is 1. The first-order valence-electron chi connectivity index (χ1n) is 11.5. The van der Waals surface area contributed by atoms with E-state index in [0.29, 0.717) is 47.7 Å². The molecule has 9 heteroatoms. The van der Waals surface area contributed by atoms with Crippen LogP contribution in [0.1, 0.15) is 25.7 Å². The number of hydrogen-bond donors (Lipinski definition) is 1. The van der Waals surface area contributed by atoms with Gasteiger partial charge in [0.15, 0.2) is 11.8 Å². The summed E-state index contributed by atoms with van der Waals surface area (Å²) >= 11 is 6.55. The molecule has 0 bridgehead atoms. The summed E-state index contributed by atoms with van der Waals surface area (Å²) in [5.74, 6) is 0.798. The number of ether oxygens (including phenoxy) is 5. The Morgan fingerprint density at radius 3 is 2.79 bits per heavy atom. The number of rotatable bonds is 6. The van der Waals surface area contributed by atoms with Gasteiger partial charge < -0.3 is 28.7 Å². The highest BCUT2D eigenvalue weighted by Gasteiger charge is 2.43. The summed E-state index contributed by atoms with van der Waals surface area (Å²) in [6.07, 6.45) is 4.35. The third kappa shape index (κ3) is 4.40. The quantitative estimate of drug-likeness (QED) is 0.577. The van der Waals surface area contributed by atoms with E-state index in [2.05, 4.69) is 15.0 Å². The predicted molar refractivity (Wildman–Crippen MR) is 122 cm³/mol. The minimum atomic E-state index is -0.181. The second kappa shape index (κ2) is 9.10. The molecule has 5 heterocycles. The highest BCUT2D eigenvalue weighted by molar-refractivity contribution is 6.33. The van der Waals surface area contributed by atoms with Crippen molar-refractivity contribution in [2.24, 2.45) is 0 Å². The molecule has 3 aliphatic heterocycles. The molecule has 3 aliphatic rings. The summed E-state index contributed by atoms with van der Waals surface area (Å²) in [6.45, 7) is 2.59. The van der Waals surface area contributed by atoms with Crippen LogP contribution in [0, 0.1) is 0 Å². The number of H-pyrrole nitrogens is 1. The lowest BCUT2D eigenvalue weighted by Gasteiger charge is -2.22. The van der Waals surface area contributed by atoms with Gasteiger partial charge in [-0.15, -0.1) is 0 Å². The maximum Gasteiger partial charge on any atom is 0.296 e. The van der Waals surface area contributed by atoms with Gasteiger partial charge in [-0.2, -0.15) is 4.98 Å². The molecule has 1 N–H and O–H groups in total. The molecule has 3 saturated heterocycles. The smallest absolute Gasteiger partial charge is 0.296 e. The lowest BCUT2D eigenvalue weighted by Crippen LogP contribution is -2.32. The van der Waals surface area contributed by atoms with Crippen molar-refractivity contribution in [3.8, 4) is 23.0 Å². The Labute approximate surface area is 196 Å². The van der Waals surface area contributed by atoms with Gasteiger partial charge in [-0.25, -0.2) is 4.98 Å². The Kier molecular flexibility index (Phi) is 5.84. The third-order valence-electron chi connectivity index (χ3n) is 6.43. The SMILES string of the molecule is Clc1cc2[nH]c(OC3COC4CCO[C@@H]43)nc2nc1-c1ccc(OCC2CCCCO2)cc1. The molecule has 0 saturated carbocycles. The van der Waals surface area contributed by atoms with Crippen molar-refractivity contribution in [1.29, 1.82) is 0 Å². The average Bonchev–Trinajstić information content (AvgIpc) is 3.55. The molecule has 4 atom stereocenters. The molecule has 2 aromatic heterocycles. The molecule has 3 aromatic rings. The van der Waals surface area contributed by atoms with Crippen molar-refractivity contribution in [3.05, 3.63) is 35.4 Å². The molecule has 3 unspecified atom stereocenters. The zero-order valence-electron chi connectivity index (χ0n) is 18.2. The van der Waals surface area contributed by atoms with E-state index in [1.165, 1.54) is 6.42 Å². The van der Waals surface area contributed by atoms with Crippen LogP contribution in [0.3, 0.4) is 0 Å². The zero-order valence-corrected chi connectivity index (χ0v) is 18.9. The molecule has 33 heavy (non-hydrogen) atoms. The van der Waals surface area contributed by atoms with Crippen molar-refractivity contribution >= 4 is 22.8 Å². The van der Waals surface area contributed by atoms with Crippen molar-refractivity contribution in [1.82, 2.24) is 15.0 Å². The first kappa shape index (κ1) is 21.2. The van der Waals surface area contributed by atoms with E-state index in [-0.39, 0.29) is 24.4 Å². The van der Waals surface area contributed by atoms with Crippen molar-refractivity contribution in [3.63, 3.8) is 0 Å². The minimum absolute atomic E-state index is 0.0456. The maximum absolute atomic E-state index is 6.55. The summed E-state index contributed by atoms with van der Waals surface area (Å²) < 4.78 is 29.1. The zero-order chi connectivity index (χ0) is 22.2. The van der Waals surface area contributed by atoms with Crippen LogP contribution in [0.25, 0.3) is 22.4 Å². The molecule has 0 radical (unpaired) electrons. The Balaban J connectivity index is 1.16. The van der Waals surface area contributed by atoms with Crippen molar-refractivity contribution < 1.29 is 23.7 Å². The van der Waals surface area contributed by atoms with Gasteiger partial charge >= 0.3 is 0 Å². The van der Waals surface area contributed by atoms with E-state index in [1.807, 2.05) is 30.3 Å². The highest BCUT2D eigenvalue weighted by atomic mass is 35.5. The van der Waals surface area contributed by atoms with Crippen LogP contribution in [0.5, 0.6) is 11.8 Å². The summed E-state index contributed by atoms with van der Waals surface area (Å²) in [5.41, 5.74) is 2.81. The molecule has 0 amide bonds. The van der Waals surface area contributed by atoms with Crippen molar-refractivity contribution in [2.75, 3.05) is 26.4 Å². The van der Waals surface area contributed by atoms with Gasteiger partial charge in [0.2, 0.25) is 0 Å². The first-order chi connectivity index (χ1) is 16.2. The Morgan fingerprint density at radius 1 is 1.03 bits per heavy atom. The summed E-state index contributed by atoms with van der Waals surface area (Å²) in [5, 5.41) is 0.533. The van der Waals surface area contributed by atoms with Crippen LogP contribution >= 0.6 is 11.6 Å². The largest absolute Gasteiger partial charge is 0.491 e. The minimum Gasteiger partial charge on any atom is -0.491 e. The molecule has 0 aliphatic carbocycles. The molecule has 6 rings (SSSR count). The average molecular weight is 472 g/mol. The third-order valence-corrected chi connectivity index (χ3v) is 6.71. The van der Waals surface area contributed by atoms with Crippen LogP contribution < -0.4 is 9.47 Å². The van der Waals surface area contributed by atoms with Crippen LogP contribution in [-0.2, 0) is 14.2 Å². The monoisotopic (exact) mass is 471 g/mol. The van der Waals surface area contributed by atoms with Gasteiger partial charge in [0.25, 0.3) is 6.01 Å². The molecule has 3 fully saturated rings. The highest BCUT2D eigenvalue weighted by Crippen LogP contribution is 2.32. The Morgan fingerprint density at radius 2 is 1.94 bits per heavy atom. The summed E-state index contributed by atoms with van der Waals surface area (Å²) in [7, 11) is 0. The number of fused-ring (bicyclic) bond motifs is 2. The van der Waals surface area contributed by atoms with Gasteiger partial charge in [-0.3, -0.25) is 0 Å². The molecule has 174 valence electrons. The molecular weight excluding hydrogens is 446 g/mol. The second-order valence-corrected chi connectivity index (χ2v) is 9.12. The number of halogens is 1. The molecular formula is C24H26ClN3O5. The number of imidazole rings is 1. The number of nitrogens with zero attached hydrogens (tertiary/aromatic N) is 2. The van der Waals surface area contributed by atoms with Crippen LogP contribution in [0.4, 0.5) is 0 Å². The number of aromatic amines is 1. The number of hydrogen-bond acceptors (Lipinski definition) is 7. The fourth-order valence-corrected chi connectivity index (χ4v) is 4.93. The van der Waals surface area contributed by atoms with Crippen LogP contribution in [0.2, 0.25) is 5.02 Å². The van der Waals surface area contributed by atoms with E-state index in [4.69, 9.17) is 35.3 Å². The Hall–Kier alpha value is -2.39. The lowest BCUT2D eigenvalue weighted by atomic mass is 10.1. The summed E-state index contributed by atoms with van der Waals surface area (Å²) in [4.78, 5) is 12.4. The van der Waals surface area contributed by atoms with Gasteiger partial charge in [0, 0.05) is 18.8 Å². The van der Waals surface area contributed by atoms with Crippen LogP contribution in [0.15, 0.2) is 30.3 Å². The van der Waals surface area contributed by atoms with E-state index in [1.54, 1.807) is 0 Å². The Bertz CT molecular complexity index is 1120. The van der Waals surface area contributed by atoms with Crippen molar-refractivity contribution in [2.45, 2.75) is 50.1 Å². The fraction of sp³-hybridized carbons (Fsp3) is 0.500. The normalized spacial score (nSPS) is 27.1. The van der Waals surface area contributed by atoms with Crippen LogP contribution in [-0.4, -0.2) is 65.8 Å². The van der Waals surface area contributed by atoms with Gasteiger partial charge in [0.05, 0.1) is 35.0 Å². The molecule has 8 nitrogen and oxygen atoms in total. The van der Waals surface area contributed by atoms with E-state index >= 15 is 0 Å². The van der Waals surface area contributed by atoms with Gasteiger partial charge in [-0.05, 0) is 56.0 Å². The van der Waals surface area contributed by atoms with Gasteiger partial charge in [0.1, 0.15) is 18.5 Å². The van der Waals surface area contributed by atoms with E-state index in [9.17, 15) is 0 Å². The lowest BCUT2D eigenvalue weighted by molar-refractivity contribution is -0.0110. The predicted octanol–water partition coefficient (Wildman–Crippen LogP) is 4.16. The maximum atomic E-state index is 6.55. The topological polar surface area (TPSA) is 87.7 Å².